The molecule has 1 saturated heterocycles. The van der Waals surface area contributed by atoms with Crippen LogP contribution in [-0.2, 0) is 11.2 Å². The van der Waals surface area contributed by atoms with E-state index in [2.05, 4.69) is 40.0 Å². The molecular weight excluding hydrogens is 427 g/mol. The molecule has 1 aliphatic heterocycles. The van der Waals surface area contributed by atoms with Crippen LogP contribution in [0.2, 0.25) is 0 Å². The number of ether oxygens (including phenoxy) is 1. The highest BCUT2D eigenvalue weighted by Crippen LogP contribution is 2.20. The second-order valence-electron chi connectivity index (χ2n) is 5.03. The number of hydrogen-bond donors (Lipinski definition) is 1. The van der Waals surface area contributed by atoms with E-state index in [1.807, 2.05) is 0 Å². The molecule has 1 aromatic carbocycles. The van der Waals surface area contributed by atoms with Crippen molar-refractivity contribution in [2.75, 3.05) is 24.6 Å². The maximum atomic E-state index is 12.2. The van der Waals surface area contributed by atoms with Gasteiger partial charge in [0.25, 0.3) is 5.91 Å². The fraction of sp³-hybridized carbons (Fsp3) is 0.250. The molecule has 2 aromatic rings. The largest absolute Gasteiger partial charge is 0.447 e. The van der Waals surface area contributed by atoms with Crippen molar-refractivity contribution in [2.45, 2.75) is 6.42 Å². The standard InChI is InChI=1S/C16H15IN2O3S/c17-14-5-4-13(23-14)6-7-18-15(20)11-2-1-3-12(10-11)19-8-9-22-16(19)21/h1-5,10H,6-9H2,(H,18,20). The molecule has 120 valence electrons. The van der Waals surface area contributed by atoms with E-state index < -0.39 is 0 Å². The van der Waals surface area contributed by atoms with Gasteiger partial charge in [-0.25, -0.2) is 4.79 Å². The average Bonchev–Trinajstić information content (AvgIpc) is 3.16. The van der Waals surface area contributed by atoms with Gasteiger partial charge < -0.3 is 10.1 Å². The molecule has 1 aliphatic rings. The molecule has 0 aliphatic carbocycles. The SMILES string of the molecule is O=C(NCCc1ccc(I)s1)c1cccc(N2CCOC2=O)c1. The average molecular weight is 442 g/mol. The van der Waals surface area contributed by atoms with Gasteiger partial charge >= 0.3 is 6.09 Å². The Hall–Kier alpha value is -1.61. The molecule has 2 heterocycles. The normalized spacial score (nSPS) is 14.0. The lowest BCUT2D eigenvalue weighted by molar-refractivity contribution is 0.0954. The summed E-state index contributed by atoms with van der Waals surface area (Å²) in [6.07, 6.45) is 0.451. The number of carbonyl (C=O) groups excluding carboxylic acids is 2. The van der Waals surface area contributed by atoms with Crippen LogP contribution in [0.5, 0.6) is 0 Å². The van der Waals surface area contributed by atoms with Crippen molar-refractivity contribution in [1.82, 2.24) is 5.32 Å². The van der Waals surface area contributed by atoms with Crippen LogP contribution in [0.1, 0.15) is 15.2 Å². The van der Waals surface area contributed by atoms with Gasteiger partial charge in [-0.2, -0.15) is 0 Å². The number of anilines is 1. The zero-order valence-electron chi connectivity index (χ0n) is 12.3. The quantitative estimate of drug-likeness (QED) is 0.724. The Bertz CT molecular complexity index is 732. The molecule has 0 bridgehead atoms. The summed E-state index contributed by atoms with van der Waals surface area (Å²) in [4.78, 5) is 26.6. The van der Waals surface area contributed by atoms with Gasteiger partial charge in [-0.05, 0) is 59.3 Å². The van der Waals surface area contributed by atoms with Gasteiger partial charge in [-0.1, -0.05) is 6.07 Å². The zero-order chi connectivity index (χ0) is 16.2. The van der Waals surface area contributed by atoms with Gasteiger partial charge in [0.1, 0.15) is 6.61 Å². The van der Waals surface area contributed by atoms with Crippen molar-refractivity contribution in [3.8, 4) is 0 Å². The number of thiophene rings is 1. The Morgan fingerprint density at radius 3 is 2.91 bits per heavy atom. The summed E-state index contributed by atoms with van der Waals surface area (Å²) in [5.74, 6) is -0.134. The highest BCUT2D eigenvalue weighted by atomic mass is 127. The first-order valence-corrected chi connectivity index (χ1v) is 9.10. The van der Waals surface area contributed by atoms with Crippen LogP contribution >= 0.6 is 33.9 Å². The summed E-state index contributed by atoms with van der Waals surface area (Å²) in [6, 6.07) is 11.2. The van der Waals surface area contributed by atoms with E-state index in [0.29, 0.717) is 30.9 Å². The number of rotatable bonds is 5. The van der Waals surface area contributed by atoms with Crippen molar-refractivity contribution >= 4 is 51.6 Å². The molecule has 0 spiro atoms. The minimum Gasteiger partial charge on any atom is -0.447 e. The summed E-state index contributed by atoms with van der Waals surface area (Å²) in [5, 5.41) is 2.92. The van der Waals surface area contributed by atoms with Crippen molar-refractivity contribution in [1.29, 1.82) is 0 Å². The maximum absolute atomic E-state index is 12.2. The highest BCUT2D eigenvalue weighted by molar-refractivity contribution is 14.1. The molecule has 23 heavy (non-hydrogen) atoms. The smallest absolute Gasteiger partial charge is 0.414 e. The topological polar surface area (TPSA) is 58.6 Å². The van der Waals surface area contributed by atoms with E-state index in [9.17, 15) is 9.59 Å². The number of amides is 2. The minimum absolute atomic E-state index is 0.134. The molecule has 0 unspecified atom stereocenters. The molecule has 7 heteroatoms. The number of halogens is 1. The van der Waals surface area contributed by atoms with E-state index in [1.165, 1.54) is 12.7 Å². The van der Waals surface area contributed by atoms with Crippen molar-refractivity contribution < 1.29 is 14.3 Å². The van der Waals surface area contributed by atoms with Crippen molar-refractivity contribution in [2.24, 2.45) is 0 Å². The lowest BCUT2D eigenvalue weighted by Gasteiger charge is -2.13. The van der Waals surface area contributed by atoms with E-state index in [-0.39, 0.29) is 12.0 Å². The summed E-state index contributed by atoms with van der Waals surface area (Å²) in [6.45, 7) is 1.49. The molecular formula is C16H15IN2O3S. The Labute approximate surface area is 151 Å². The molecule has 0 atom stereocenters. The lowest BCUT2D eigenvalue weighted by Crippen LogP contribution is -2.27. The first kappa shape index (κ1) is 16.3. The highest BCUT2D eigenvalue weighted by Gasteiger charge is 2.24. The number of hydrogen-bond acceptors (Lipinski definition) is 4. The molecule has 2 amide bonds. The first-order valence-electron chi connectivity index (χ1n) is 7.20. The Balaban J connectivity index is 1.59. The number of nitrogens with one attached hydrogen (secondary N) is 1. The predicted molar refractivity (Wildman–Crippen MR) is 98.2 cm³/mol. The van der Waals surface area contributed by atoms with Gasteiger partial charge in [-0.15, -0.1) is 11.3 Å². The second-order valence-corrected chi connectivity index (χ2v) is 8.09. The van der Waals surface area contributed by atoms with E-state index in [4.69, 9.17) is 4.74 Å². The van der Waals surface area contributed by atoms with Crippen molar-refractivity contribution in [3.63, 3.8) is 0 Å². The molecule has 1 aromatic heterocycles. The number of cyclic esters (lactones) is 1. The molecule has 5 nitrogen and oxygen atoms in total. The van der Waals surface area contributed by atoms with E-state index in [1.54, 1.807) is 35.6 Å². The molecule has 0 saturated carbocycles. The molecule has 3 rings (SSSR count). The van der Waals surface area contributed by atoms with Crippen molar-refractivity contribution in [3.05, 3.63) is 49.7 Å². The van der Waals surface area contributed by atoms with Crippen LogP contribution in [0.25, 0.3) is 0 Å². The van der Waals surface area contributed by atoms with Crippen LogP contribution in [0.15, 0.2) is 36.4 Å². The third-order valence-electron chi connectivity index (χ3n) is 3.47. The third-order valence-corrected chi connectivity index (χ3v) is 5.42. The fourth-order valence-corrected chi connectivity index (χ4v) is 4.09. The third kappa shape index (κ3) is 4.03. The minimum atomic E-state index is -0.366. The lowest BCUT2D eigenvalue weighted by atomic mass is 10.1. The van der Waals surface area contributed by atoms with Crippen LogP contribution in [-0.4, -0.2) is 31.7 Å². The van der Waals surface area contributed by atoms with Crippen LogP contribution in [0.3, 0.4) is 0 Å². The zero-order valence-corrected chi connectivity index (χ0v) is 15.2. The van der Waals surface area contributed by atoms with Gasteiger partial charge in [0.2, 0.25) is 0 Å². The number of benzene rings is 1. The fourth-order valence-electron chi connectivity index (χ4n) is 2.33. The predicted octanol–water partition coefficient (Wildman–Crippen LogP) is 3.28. The van der Waals surface area contributed by atoms with Gasteiger partial charge in [0, 0.05) is 22.7 Å². The van der Waals surface area contributed by atoms with Crippen LogP contribution < -0.4 is 10.2 Å². The monoisotopic (exact) mass is 442 g/mol. The molecule has 0 radical (unpaired) electrons. The Morgan fingerprint density at radius 1 is 1.35 bits per heavy atom. The van der Waals surface area contributed by atoms with Gasteiger partial charge in [0.05, 0.1) is 9.43 Å². The summed E-state index contributed by atoms with van der Waals surface area (Å²) < 4.78 is 6.17. The van der Waals surface area contributed by atoms with Crippen LogP contribution in [0.4, 0.5) is 10.5 Å². The Morgan fingerprint density at radius 2 is 2.22 bits per heavy atom. The first-order chi connectivity index (χ1) is 11.1. The van der Waals surface area contributed by atoms with Crippen LogP contribution in [0, 0.1) is 2.88 Å². The number of nitrogens with zero attached hydrogens (tertiary/aromatic N) is 1. The van der Waals surface area contributed by atoms with E-state index >= 15 is 0 Å². The summed E-state index contributed by atoms with van der Waals surface area (Å²) >= 11 is 4.02. The molecule has 1 N–H and O–H groups in total. The Kier molecular flexibility index (Phi) is 5.16. The second kappa shape index (κ2) is 7.31. The summed E-state index contributed by atoms with van der Waals surface area (Å²) in [5.41, 5.74) is 1.23. The van der Waals surface area contributed by atoms with Gasteiger partial charge in [0.15, 0.2) is 0 Å². The summed E-state index contributed by atoms with van der Waals surface area (Å²) in [7, 11) is 0. The van der Waals surface area contributed by atoms with E-state index in [0.717, 1.165) is 6.42 Å². The maximum Gasteiger partial charge on any atom is 0.414 e. The molecule has 1 fully saturated rings. The number of carbonyl (C=O) groups is 2. The van der Waals surface area contributed by atoms with Gasteiger partial charge in [-0.3, -0.25) is 9.69 Å².